The van der Waals surface area contributed by atoms with Crippen LogP contribution in [0, 0.1) is 5.92 Å². The molecule has 1 unspecified atom stereocenters. The van der Waals surface area contributed by atoms with E-state index in [1.165, 1.54) is 5.56 Å². The summed E-state index contributed by atoms with van der Waals surface area (Å²) >= 11 is 1.65. The number of ether oxygens (including phenoxy) is 2. The zero-order chi connectivity index (χ0) is 18.9. The third-order valence-electron chi connectivity index (χ3n) is 4.32. The number of amides is 1. The fourth-order valence-electron chi connectivity index (χ4n) is 2.88. The number of carbonyl (C=O) groups is 1. The highest BCUT2D eigenvalue weighted by atomic mass is 32.1. The lowest BCUT2D eigenvalue weighted by molar-refractivity contribution is -0.135. The minimum absolute atomic E-state index is 0.0518. The Morgan fingerprint density at radius 1 is 1.19 bits per heavy atom. The summed E-state index contributed by atoms with van der Waals surface area (Å²) in [6, 6.07) is 7.97. The van der Waals surface area contributed by atoms with Crippen molar-refractivity contribution < 1.29 is 14.3 Å². The number of thiophene rings is 1. The van der Waals surface area contributed by atoms with Gasteiger partial charge in [-0.2, -0.15) is 11.3 Å². The Hall–Kier alpha value is -2.05. The SMILES string of the molecule is CNCC(C)C(=O)N(CCc1ccc(OC)c(OC)c1)Cc1ccsc1. The smallest absolute Gasteiger partial charge is 0.226 e. The maximum absolute atomic E-state index is 12.8. The van der Waals surface area contributed by atoms with Gasteiger partial charge < -0.3 is 19.7 Å². The Morgan fingerprint density at radius 2 is 1.96 bits per heavy atom. The molecule has 2 rings (SSSR count). The largest absolute Gasteiger partial charge is 0.493 e. The predicted octanol–water partition coefficient (Wildman–Crippen LogP) is 3.19. The van der Waals surface area contributed by atoms with Crippen LogP contribution in [0.3, 0.4) is 0 Å². The molecule has 0 radical (unpaired) electrons. The second kappa shape index (κ2) is 10.2. The lowest BCUT2D eigenvalue weighted by atomic mass is 10.1. The van der Waals surface area contributed by atoms with Crippen LogP contribution in [0.4, 0.5) is 0 Å². The number of nitrogens with zero attached hydrogens (tertiary/aromatic N) is 1. The molecule has 1 atom stereocenters. The van der Waals surface area contributed by atoms with E-state index in [4.69, 9.17) is 9.47 Å². The second-order valence-electron chi connectivity index (χ2n) is 6.29. The van der Waals surface area contributed by atoms with Crippen LogP contribution in [0.5, 0.6) is 11.5 Å². The minimum atomic E-state index is -0.0518. The first-order chi connectivity index (χ1) is 12.6. The van der Waals surface area contributed by atoms with Crippen LogP contribution in [-0.4, -0.2) is 45.2 Å². The Bertz CT molecular complexity index is 688. The Labute approximate surface area is 159 Å². The summed E-state index contributed by atoms with van der Waals surface area (Å²) in [5.41, 5.74) is 2.29. The van der Waals surface area contributed by atoms with Gasteiger partial charge in [0, 0.05) is 25.6 Å². The fourth-order valence-corrected chi connectivity index (χ4v) is 3.54. The monoisotopic (exact) mass is 376 g/mol. The Morgan fingerprint density at radius 3 is 2.58 bits per heavy atom. The van der Waals surface area contributed by atoms with Gasteiger partial charge in [0.15, 0.2) is 11.5 Å². The van der Waals surface area contributed by atoms with Crippen molar-refractivity contribution in [3.05, 3.63) is 46.2 Å². The summed E-state index contributed by atoms with van der Waals surface area (Å²) in [6.45, 7) is 3.95. The van der Waals surface area contributed by atoms with Gasteiger partial charge in [-0.15, -0.1) is 0 Å². The summed E-state index contributed by atoms with van der Waals surface area (Å²) in [5.74, 6) is 1.55. The van der Waals surface area contributed by atoms with Crippen LogP contribution in [0.25, 0.3) is 0 Å². The third-order valence-corrected chi connectivity index (χ3v) is 5.05. The maximum atomic E-state index is 12.8. The van der Waals surface area contributed by atoms with E-state index >= 15 is 0 Å². The van der Waals surface area contributed by atoms with Crippen LogP contribution < -0.4 is 14.8 Å². The molecule has 0 fully saturated rings. The lowest BCUT2D eigenvalue weighted by Crippen LogP contribution is -2.39. The molecule has 0 saturated heterocycles. The first kappa shape index (κ1) is 20.3. The maximum Gasteiger partial charge on any atom is 0.226 e. The molecular formula is C20H28N2O3S. The molecule has 0 aliphatic carbocycles. The number of benzene rings is 1. The van der Waals surface area contributed by atoms with Crippen LogP contribution >= 0.6 is 11.3 Å². The average Bonchev–Trinajstić information content (AvgIpc) is 3.17. The van der Waals surface area contributed by atoms with Gasteiger partial charge in [0.05, 0.1) is 14.2 Å². The molecule has 0 saturated carbocycles. The highest BCUT2D eigenvalue weighted by Gasteiger charge is 2.20. The Balaban J connectivity index is 2.09. The molecular weight excluding hydrogens is 348 g/mol. The fraction of sp³-hybridized carbons (Fsp3) is 0.450. The first-order valence-electron chi connectivity index (χ1n) is 8.74. The average molecular weight is 377 g/mol. The normalized spacial score (nSPS) is 11.8. The van der Waals surface area contributed by atoms with Crippen molar-refractivity contribution in [2.75, 3.05) is 34.4 Å². The molecule has 1 heterocycles. The van der Waals surface area contributed by atoms with E-state index in [9.17, 15) is 4.79 Å². The molecule has 1 amide bonds. The molecule has 0 bridgehead atoms. The number of methoxy groups -OCH3 is 2. The molecule has 0 aliphatic heterocycles. The number of nitrogens with one attached hydrogen (secondary N) is 1. The van der Waals surface area contributed by atoms with Gasteiger partial charge in [0.25, 0.3) is 0 Å². The van der Waals surface area contributed by atoms with E-state index in [-0.39, 0.29) is 11.8 Å². The molecule has 26 heavy (non-hydrogen) atoms. The standard InChI is InChI=1S/C20H28N2O3S/c1-15(12-21-2)20(23)22(13-17-8-10-26-14-17)9-7-16-5-6-18(24-3)19(11-16)25-4/h5-6,8,10-11,14-15,21H,7,9,12-13H2,1-4H3. The number of rotatable bonds is 10. The van der Waals surface area contributed by atoms with Crippen LogP contribution in [0.1, 0.15) is 18.1 Å². The summed E-state index contributed by atoms with van der Waals surface area (Å²) in [5, 5.41) is 7.23. The van der Waals surface area contributed by atoms with E-state index in [0.29, 0.717) is 31.1 Å². The number of hydrogen-bond acceptors (Lipinski definition) is 5. The van der Waals surface area contributed by atoms with Crippen molar-refractivity contribution >= 4 is 17.2 Å². The van der Waals surface area contributed by atoms with Gasteiger partial charge in [-0.1, -0.05) is 13.0 Å². The minimum Gasteiger partial charge on any atom is -0.493 e. The van der Waals surface area contributed by atoms with Crippen LogP contribution in [0.2, 0.25) is 0 Å². The van der Waals surface area contributed by atoms with E-state index in [2.05, 4.69) is 16.8 Å². The molecule has 0 spiro atoms. The van der Waals surface area contributed by atoms with E-state index in [1.807, 2.05) is 42.5 Å². The molecule has 1 aromatic heterocycles. The molecule has 1 aromatic carbocycles. The van der Waals surface area contributed by atoms with Crippen molar-refractivity contribution in [1.29, 1.82) is 0 Å². The second-order valence-corrected chi connectivity index (χ2v) is 7.07. The topological polar surface area (TPSA) is 50.8 Å². The number of carbonyl (C=O) groups excluding carboxylic acids is 1. The quantitative estimate of drug-likeness (QED) is 0.692. The zero-order valence-corrected chi connectivity index (χ0v) is 16.8. The van der Waals surface area contributed by atoms with Crippen molar-refractivity contribution in [1.82, 2.24) is 10.2 Å². The zero-order valence-electron chi connectivity index (χ0n) is 16.0. The highest BCUT2D eigenvalue weighted by Crippen LogP contribution is 2.27. The van der Waals surface area contributed by atoms with Crippen molar-refractivity contribution in [3.63, 3.8) is 0 Å². The third kappa shape index (κ3) is 5.47. The molecule has 6 heteroatoms. The van der Waals surface area contributed by atoms with Crippen molar-refractivity contribution in [2.45, 2.75) is 19.9 Å². The van der Waals surface area contributed by atoms with Gasteiger partial charge >= 0.3 is 0 Å². The summed E-state index contributed by atoms with van der Waals surface area (Å²) < 4.78 is 10.7. The van der Waals surface area contributed by atoms with Crippen LogP contribution in [-0.2, 0) is 17.8 Å². The predicted molar refractivity (Wildman–Crippen MR) is 106 cm³/mol. The molecule has 5 nitrogen and oxygen atoms in total. The van der Waals surface area contributed by atoms with Crippen molar-refractivity contribution in [2.24, 2.45) is 5.92 Å². The van der Waals surface area contributed by atoms with Gasteiger partial charge in [-0.3, -0.25) is 4.79 Å². The Kier molecular flexibility index (Phi) is 7.94. The summed E-state index contributed by atoms with van der Waals surface area (Å²) in [7, 11) is 5.13. The van der Waals surface area contributed by atoms with Gasteiger partial charge in [0.1, 0.15) is 0 Å². The lowest BCUT2D eigenvalue weighted by Gasteiger charge is -2.26. The molecule has 1 N–H and O–H groups in total. The van der Waals surface area contributed by atoms with Gasteiger partial charge in [-0.25, -0.2) is 0 Å². The van der Waals surface area contributed by atoms with E-state index in [1.54, 1.807) is 25.6 Å². The van der Waals surface area contributed by atoms with E-state index in [0.717, 1.165) is 12.0 Å². The van der Waals surface area contributed by atoms with Gasteiger partial charge in [-0.05, 0) is 53.6 Å². The van der Waals surface area contributed by atoms with Crippen LogP contribution in [0.15, 0.2) is 35.0 Å². The van der Waals surface area contributed by atoms with Gasteiger partial charge in [0.2, 0.25) is 5.91 Å². The highest BCUT2D eigenvalue weighted by molar-refractivity contribution is 7.07. The molecule has 2 aromatic rings. The summed E-state index contributed by atoms with van der Waals surface area (Å²) in [4.78, 5) is 14.8. The first-order valence-corrected chi connectivity index (χ1v) is 9.68. The van der Waals surface area contributed by atoms with E-state index < -0.39 is 0 Å². The number of hydrogen-bond donors (Lipinski definition) is 1. The van der Waals surface area contributed by atoms with Crippen molar-refractivity contribution in [3.8, 4) is 11.5 Å². The molecule has 0 aliphatic rings. The summed E-state index contributed by atoms with van der Waals surface area (Å²) in [6.07, 6.45) is 0.766. The molecule has 142 valence electrons.